The monoisotopic (exact) mass is 543 g/mol. The topological polar surface area (TPSA) is 61.9 Å². The molecule has 1 aliphatic heterocycles. The van der Waals surface area contributed by atoms with E-state index < -0.39 is 23.5 Å². The van der Waals surface area contributed by atoms with Crippen molar-refractivity contribution in [1.82, 2.24) is 10.2 Å². The molecule has 206 valence electrons. The standard InChI is InChI=1S/C29H29F4N3O3/c1-20-11-12-35(17-20)28(38)19-36(25-9-5-6-10-26(25)39-24-7-3-2-4-8-24)18-27(37)34-16-21-13-22(29(31,32)33)15-23(30)14-21/h2-10,13-15,20H,11-12,16-19H2,1H3,(H,34,37). The van der Waals surface area contributed by atoms with Crippen molar-refractivity contribution < 1.29 is 31.9 Å². The SMILES string of the molecule is CC1CCN(C(=O)CN(CC(=O)NCc2cc(F)cc(C(F)(F)F)c2)c2ccccc2Oc2ccccc2)C1. The van der Waals surface area contributed by atoms with Crippen molar-refractivity contribution in [2.24, 2.45) is 5.92 Å². The molecule has 3 aromatic rings. The van der Waals surface area contributed by atoms with Crippen molar-refractivity contribution in [3.8, 4) is 11.5 Å². The summed E-state index contributed by atoms with van der Waals surface area (Å²) in [7, 11) is 0. The number of nitrogens with zero attached hydrogens (tertiary/aromatic N) is 2. The minimum absolute atomic E-state index is 0.0304. The Morgan fingerprint density at radius 1 is 1.03 bits per heavy atom. The fourth-order valence-corrected chi connectivity index (χ4v) is 4.42. The maximum absolute atomic E-state index is 13.8. The second-order valence-electron chi connectivity index (χ2n) is 9.60. The molecule has 4 rings (SSSR count). The van der Waals surface area contributed by atoms with Crippen LogP contribution < -0.4 is 15.0 Å². The van der Waals surface area contributed by atoms with Crippen molar-refractivity contribution in [2.75, 3.05) is 31.1 Å². The number of hydrogen-bond acceptors (Lipinski definition) is 4. The lowest BCUT2D eigenvalue weighted by Crippen LogP contribution is -2.44. The Kier molecular flexibility index (Phi) is 8.73. The number of alkyl halides is 3. The minimum atomic E-state index is -4.71. The van der Waals surface area contributed by atoms with Crippen molar-refractivity contribution in [3.63, 3.8) is 0 Å². The highest BCUT2D eigenvalue weighted by Crippen LogP contribution is 2.33. The van der Waals surface area contributed by atoms with Gasteiger partial charge in [0, 0.05) is 19.6 Å². The molecule has 1 aliphatic rings. The van der Waals surface area contributed by atoms with E-state index in [0.29, 0.717) is 42.3 Å². The fraction of sp³-hybridized carbons (Fsp3) is 0.310. The van der Waals surface area contributed by atoms with E-state index in [0.717, 1.165) is 18.6 Å². The van der Waals surface area contributed by atoms with E-state index in [1.165, 1.54) is 0 Å². The zero-order valence-electron chi connectivity index (χ0n) is 21.4. The summed E-state index contributed by atoms with van der Waals surface area (Å²) in [6, 6.07) is 18.2. The Morgan fingerprint density at radius 2 is 1.74 bits per heavy atom. The third-order valence-electron chi connectivity index (χ3n) is 6.39. The van der Waals surface area contributed by atoms with E-state index in [2.05, 4.69) is 12.2 Å². The molecule has 0 spiro atoms. The molecule has 0 aliphatic carbocycles. The Balaban J connectivity index is 1.53. The molecule has 1 N–H and O–H groups in total. The number of anilines is 1. The average molecular weight is 544 g/mol. The summed E-state index contributed by atoms with van der Waals surface area (Å²) in [5, 5.41) is 2.54. The van der Waals surface area contributed by atoms with Gasteiger partial charge in [0.05, 0.1) is 24.3 Å². The molecule has 1 saturated heterocycles. The van der Waals surface area contributed by atoms with Gasteiger partial charge < -0.3 is 19.9 Å². The van der Waals surface area contributed by atoms with Crippen LogP contribution in [0.25, 0.3) is 0 Å². The summed E-state index contributed by atoms with van der Waals surface area (Å²) in [5.74, 6) is -0.369. The number of halogens is 4. The summed E-state index contributed by atoms with van der Waals surface area (Å²) >= 11 is 0. The summed E-state index contributed by atoms with van der Waals surface area (Å²) in [6.45, 7) is 2.63. The summed E-state index contributed by atoms with van der Waals surface area (Å²) in [4.78, 5) is 29.4. The van der Waals surface area contributed by atoms with Gasteiger partial charge in [-0.25, -0.2) is 4.39 Å². The smallest absolute Gasteiger partial charge is 0.416 e. The van der Waals surface area contributed by atoms with Crippen LogP contribution in [0.15, 0.2) is 72.8 Å². The number of benzene rings is 3. The second-order valence-corrected chi connectivity index (χ2v) is 9.60. The van der Waals surface area contributed by atoms with Crippen LogP contribution in [0.2, 0.25) is 0 Å². The van der Waals surface area contributed by atoms with Crippen LogP contribution in [0.5, 0.6) is 11.5 Å². The molecule has 0 aromatic heterocycles. The van der Waals surface area contributed by atoms with Gasteiger partial charge in [-0.3, -0.25) is 9.59 Å². The first-order valence-corrected chi connectivity index (χ1v) is 12.6. The molecule has 0 saturated carbocycles. The number of likely N-dealkylation sites (tertiary alicyclic amines) is 1. The van der Waals surface area contributed by atoms with E-state index in [9.17, 15) is 27.2 Å². The first kappa shape index (κ1) is 27.9. The number of ether oxygens (including phenoxy) is 1. The lowest BCUT2D eigenvalue weighted by molar-refractivity contribution is -0.137. The number of rotatable bonds is 9. The van der Waals surface area contributed by atoms with E-state index in [1.807, 2.05) is 18.2 Å². The molecule has 3 aromatic carbocycles. The molecule has 10 heteroatoms. The van der Waals surface area contributed by atoms with Crippen molar-refractivity contribution in [1.29, 1.82) is 0 Å². The summed E-state index contributed by atoms with van der Waals surface area (Å²) in [6.07, 6.45) is -3.82. The second kappa shape index (κ2) is 12.2. The van der Waals surface area contributed by atoms with Crippen LogP contribution in [-0.4, -0.2) is 42.9 Å². The molecule has 6 nitrogen and oxygen atoms in total. The van der Waals surface area contributed by atoms with Crippen molar-refractivity contribution >= 4 is 17.5 Å². The van der Waals surface area contributed by atoms with Gasteiger partial charge in [-0.2, -0.15) is 13.2 Å². The van der Waals surface area contributed by atoms with Crippen molar-refractivity contribution in [3.05, 3.63) is 89.7 Å². The third-order valence-corrected chi connectivity index (χ3v) is 6.39. The zero-order valence-corrected chi connectivity index (χ0v) is 21.4. The number of carbonyl (C=O) groups excluding carboxylic acids is 2. The van der Waals surface area contributed by atoms with E-state index in [-0.39, 0.29) is 31.1 Å². The summed E-state index contributed by atoms with van der Waals surface area (Å²) in [5.41, 5.74) is -0.662. The minimum Gasteiger partial charge on any atom is -0.455 e. The van der Waals surface area contributed by atoms with Gasteiger partial charge in [-0.15, -0.1) is 0 Å². The molecular formula is C29H29F4N3O3. The van der Waals surface area contributed by atoms with Gasteiger partial charge in [0.1, 0.15) is 11.6 Å². The van der Waals surface area contributed by atoms with Crippen LogP contribution in [0.1, 0.15) is 24.5 Å². The lowest BCUT2D eigenvalue weighted by Gasteiger charge is -2.28. The molecule has 1 fully saturated rings. The Bertz CT molecular complexity index is 1300. The van der Waals surface area contributed by atoms with Gasteiger partial charge in [-0.05, 0) is 60.4 Å². The largest absolute Gasteiger partial charge is 0.455 e. The molecular weight excluding hydrogens is 514 g/mol. The number of nitrogens with one attached hydrogen (secondary N) is 1. The predicted octanol–water partition coefficient (Wildman–Crippen LogP) is 5.63. The van der Waals surface area contributed by atoms with Crippen LogP contribution in [0, 0.1) is 11.7 Å². The highest BCUT2D eigenvalue weighted by Gasteiger charge is 2.31. The molecule has 1 heterocycles. The first-order valence-electron chi connectivity index (χ1n) is 12.6. The lowest BCUT2D eigenvalue weighted by atomic mass is 10.1. The number of hydrogen-bond donors (Lipinski definition) is 1. The Morgan fingerprint density at radius 3 is 2.44 bits per heavy atom. The van der Waals surface area contributed by atoms with Crippen molar-refractivity contribution in [2.45, 2.75) is 26.1 Å². The number of carbonyl (C=O) groups is 2. The molecule has 0 bridgehead atoms. The summed E-state index contributed by atoms with van der Waals surface area (Å²) < 4.78 is 59.0. The zero-order chi connectivity index (χ0) is 28.0. The van der Waals surface area contributed by atoms with Gasteiger partial charge in [0.15, 0.2) is 5.75 Å². The van der Waals surface area contributed by atoms with E-state index in [1.54, 1.807) is 46.2 Å². The molecule has 1 unspecified atom stereocenters. The normalized spacial score (nSPS) is 15.2. The fourth-order valence-electron chi connectivity index (χ4n) is 4.42. The first-order chi connectivity index (χ1) is 18.6. The average Bonchev–Trinajstić information content (AvgIpc) is 3.34. The van der Waals surface area contributed by atoms with Crippen LogP contribution in [-0.2, 0) is 22.3 Å². The van der Waals surface area contributed by atoms with Crippen LogP contribution in [0.4, 0.5) is 23.2 Å². The van der Waals surface area contributed by atoms with Crippen LogP contribution >= 0.6 is 0 Å². The van der Waals surface area contributed by atoms with E-state index >= 15 is 0 Å². The maximum Gasteiger partial charge on any atom is 0.416 e. The van der Waals surface area contributed by atoms with Crippen LogP contribution in [0.3, 0.4) is 0 Å². The predicted molar refractivity (Wildman–Crippen MR) is 139 cm³/mol. The molecule has 39 heavy (non-hydrogen) atoms. The third kappa shape index (κ3) is 7.72. The molecule has 2 amide bonds. The number of para-hydroxylation sites is 3. The highest BCUT2D eigenvalue weighted by molar-refractivity contribution is 5.87. The maximum atomic E-state index is 13.8. The van der Waals surface area contributed by atoms with Gasteiger partial charge in [0.2, 0.25) is 11.8 Å². The quantitative estimate of drug-likeness (QED) is 0.356. The number of amides is 2. The van der Waals surface area contributed by atoms with E-state index in [4.69, 9.17) is 4.74 Å². The highest BCUT2D eigenvalue weighted by atomic mass is 19.4. The van der Waals surface area contributed by atoms with Gasteiger partial charge in [0.25, 0.3) is 0 Å². The van der Waals surface area contributed by atoms with Gasteiger partial charge in [-0.1, -0.05) is 37.3 Å². The Hall–Kier alpha value is -4.08. The molecule has 1 atom stereocenters. The Labute approximate surface area is 224 Å². The van der Waals surface area contributed by atoms with Gasteiger partial charge >= 0.3 is 6.18 Å². The molecule has 0 radical (unpaired) electrons.